The van der Waals surface area contributed by atoms with Gasteiger partial charge in [0.1, 0.15) is 0 Å². The maximum Gasteiger partial charge on any atom is 0.155 e. The smallest absolute Gasteiger partial charge is 0.155 e. The van der Waals surface area contributed by atoms with Crippen molar-refractivity contribution in [3.8, 4) is 11.3 Å². The number of aryl methyl sites for hydroxylation is 3. The maximum atomic E-state index is 10.0. The van der Waals surface area contributed by atoms with Gasteiger partial charge in [0.25, 0.3) is 0 Å². The summed E-state index contributed by atoms with van der Waals surface area (Å²) in [6, 6.07) is 16.0. The van der Waals surface area contributed by atoms with Gasteiger partial charge in [0.05, 0.1) is 5.76 Å². The minimum Gasteiger partial charge on any atom is -0.512 e. The molecule has 0 aliphatic rings. The second kappa shape index (κ2) is 10.1. The van der Waals surface area contributed by atoms with E-state index in [2.05, 4.69) is 62.2 Å². The van der Waals surface area contributed by atoms with E-state index in [9.17, 15) is 4.79 Å². The molecule has 1 aromatic heterocycles. The Balaban J connectivity index is 0.000000395. The van der Waals surface area contributed by atoms with Crippen LogP contribution in [0.5, 0.6) is 0 Å². The number of fused-ring (bicyclic) bond motifs is 1. The first-order valence-electron chi connectivity index (χ1n) is 8.51. The standard InChI is InChI=1S/C18H16N.C5H8O2.Ir/c1-12-8-9-13(2)17(10-12)18-14(3)16-7-5-4-6-15(16)11-19-18;1-4(6)3-5(2)7;/h4-9,11H,1-3H3;3,6H,1-2H3;/q-1;;/b;4-3-;. The first-order chi connectivity index (χ1) is 12.3. The Hall–Kier alpha value is -2.29. The third-order valence-electron chi connectivity index (χ3n) is 4.00. The van der Waals surface area contributed by atoms with Gasteiger partial charge in [-0.15, -0.1) is 34.9 Å². The molecule has 1 heterocycles. The van der Waals surface area contributed by atoms with E-state index < -0.39 is 0 Å². The Morgan fingerprint density at radius 3 is 2.33 bits per heavy atom. The average Bonchev–Trinajstić information content (AvgIpc) is 2.57. The first-order valence-corrected chi connectivity index (χ1v) is 8.51. The Kier molecular flexibility index (Phi) is 8.55. The molecule has 1 N–H and O–H groups in total. The molecule has 0 fully saturated rings. The van der Waals surface area contributed by atoms with E-state index in [0.29, 0.717) is 0 Å². The Morgan fingerprint density at radius 1 is 1.07 bits per heavy atom. The molecule has 0 unspecified atom stereocenters. The van der Waals surface area contributed by atoms with E-state index in [1.54, 1.807) is 0 Å². The normalized spacial score (nSPS) is 10.6. The van der Waals surface area contributed by atoms with Crippen LogP contribution in [0.3, 0.4) is 0 Å². The molecular formula is C23H24IrNO2-. The molecule has 0 saturated heterocycles. The molecule has 0 bridgehead atoms. The molecule has 3 nitrogen and oxygen atoms in total. The number of aliphatic hydroxyl groups is 1. The topological polar surface area (TPSA) is 50.2 Å². The number of allylic oxidation sites excluding steroid dienone is 2. The third kappa shape index (κ3) is 6.13. The number of hydrogen-bond acceptors (Lipinski definition) is 3. The van der Waals surface area contributed by atoms with Gasteiger partial charge in [-0.2, -0.15) is 0 Å². The quantitative estimate of drug-likeness (QED) is 0.260. The largest absolute Gasteiger partial charge is 0.512 e. The zero-order valence-corrected chi connectivity index (χ0v) is 18.6. The summed E-state index contributed by atoms with van der Waals surface area (Å²) in [7, 11) is 0. The summed E-state index contributed by atoms with van der Waals surface area (Å²) in [5.74, 6) is -0.0625. The van der Waals surface area contributed by atoms with E-state index in [1.807, 2.05) is 12.3 Å². The van der Waals surface area contributed by atoms with Crippen molar-refractivity contribution in [1.29, 1.82) is 0 Å². The summed E-state index contributed by atoms with van der Waals surface area (Å²) in [5.41, 5.74) is 5.75. The van der Waals surface area contributed by atoms with Gasteiger partial charge in [-0.25, -0.2) is 0 Å². The first kappa shape index (κ1) is 22.7. The summed E-state index contributed by atoms with van der Waals surface area (Å²) in [6.45, 7) is 9.17. The molecule has 0 spiro atoms. The average molecular weight is 539 g/mol. The molecule has 0 amide bonds. The number of aliphatic hydroxyl groups excluding tert-OH is 1. The Bertz CT molecular complexity index is 973. The molecule has 143 valence electrons. The van der Waals surface area contributed by atoms with Gasteiger partial charge in [-0.3, -0.25) is 4.79 Å². The molecule has 27 heavy (non-hydrogen) atoms. The molecule has 4 heteroatoms. The van der Waals surface area contributed by atoms with Crippen molar-refractivity contribution in [3.05, 3.63) is 77.2 Å². The van der Waals surface area contributed by atoms with Crippen molar-refractivity contribution in [1.82, 2.24) is 4.98 Å². The summed E-state index contributed by atoms with van der Waals surface area (Å²) < 4.78 is 0. The van der Waals surface area contributed by atoms with Crippen LogP contribution >= 0.6 is 0 Å². The second-order valence-electron chi connectivity index (χ2n) is 6.41. The summed E-state index contributed by atoms with van der Waals surface area (Å²) >= 11 is 0. The van der Waals surface area contributed by atoms with Crippen molar-refractivity contribution >= 4 is 16.6 Å². The van der Waals surface area contributed by atoms with Crippen LogP contribution in [0, 0.1) is 26.8 Å². The van der Waals surface area contributed by atoms with E-state index in [0.717, 1.165) is 16.8 Å². The zero-order chi connectivity index (χ0) is 19.3. The number of nitrogens with zero attached hydrogens (tertiary/aromatic N) is 1. The number of rotatable bonds is 2. The van der Waals surface area contributed by atoms with E-state index >= 15 is 0 Å². The van der Waals surface area contributed by atoms with E-state index in [4.69, 9.17) is 5.11 Å². The monoisotopic (exact) mass is 539 g/mol. The summed E-state index contributed by atoms with van der Waals surface area (Å²) in [4.78, 5) is 14.7. The van der Waals surface area contributed by atoms with Gasteiger partial charge in [0, 0.05) is 32.4 Å². The fraction of sp³-hybridized carbons (Fsp3) is 0.217. The van der Waals surface area contributed by atoms with Crippen LogP contribution in [0.1, 0.15) is 30.5 Å². The zero-order valence-electron chi connectivity index (χ0n) is 16.3. The predicted octanol–water partition coefficient (Wildman–Crippen LogP) is 5.66. The van der Waals surface area contributed by atoms with Crippen molar-refractivity contribution in [2.75, 3.05) is 0 Å². The van der Waals surface area contributed by atoms with Crippen molar-refractivity contribution in [3.63, 3.8) is 0 Å². The fourth-order valence-electron chi connectivity index (χ4n) is 2.77. The number of ketones is 1. The third-order valence-corrected chi connectivity index (χ3v) is 4.00. The van der Waals surface area contributed by atoms with Crippen LogP contribution in [0.4, 0.5) is 0 Å². The molecular weight excluding hydrogens is 514 g/mol. The molecule has 0 aliphatic carbocycles. The maximum absolute atomic E-state index is 10.0. The minimum atomic E-state index is -0.125. The number of carbonyl (C=O) groups excluding carboxylic acids is 1. The van der Waals surface area contributed by atoms with Crippen LogP contribution in [0.15, 0.2) is 54.4 Å². The van der Waals surface area contributed by atoms with Crippen LogP contribution in [0.2, 0.25) is 0 Å². The van der Waals surface area contributed by atoms with Gasteiger partial charge in [0.2, 0.25) is 0 Å². The number of pyridine rings is 1. The summed E-state index contributed by atoms with van der Waals surface area (Å²) in [6.07, 6.45) is 3.12. The minimum absolute atomic E-state index is 0. The Labute approximate surface area is 174 Å². The summed E-state index contributed by atoms with van der Waals surface area (Å²) in [5, 5.41) is 10.8. The number of benzene rings is 2. The van der Waals surface area contributed by atoms with Gasteiger partial charge in [0.15, 0.2) is 5.78 Å². The van der Waals surface area contributed by atoms with Gasteiger partial charge in [-0.1, -0.05) is 43.7 Å². The molecule has 3 rings (SSSR count). The van der Waals surface area contributed by atoms with Crippen molar-refractivity contribution in [2.45, 2.75) is 34.6 Å². The van der Waals surface area contributed by atoms with Crippen LogP contribution in [-0.2, 0) is 24.9 Å². The molecule has 3 aromatic rings. The molecule has 0 aliphatic heterocycles. The van der Waals surface area contributed by atoms with E-state index in [1.165, 1.54) is 41.8 Å². The van der Waals surface area contributed by atoms with E-state index in [-0.39, 0.29) is 31.6 Å². The van der Waals surface area contributed by atoms with Crippen LogP contribution in [-0.4, -0.2) is 15.9 Å². The number of aromatic nitrogens is 1. The molecule has 0 atom stereocenters. The molecule has 0 saturated carbocycles. The molecule has 2 aromatic carbocycles. The van der Waals surface area contributed by atoms with Crippen LogP contribution in [0.25, 0.3) is 22.0 Å². The second-order valence-corrected chi connectivity index (χ2v) is 6.41. The predicted molar refractivity (Wildman–Crippen MR) is 107 cm³/mol. The SMILES string of the molecule is CC(=O)/C=C(/C)O.Cc1[c-]c(-c2ncc3ccccc3c2C)c(C)cc1.[Ir]. The fourth-order valence-corrected chi connectivity index (χ4v) is 2.77. The molecule has 1 radical (unpaired) electrons. The van der Waals surface area contributed by atoms with Crippen LogP contribution < -0.4 is 0 Å². The number of hydrogen-bond donors (Lipinski definition) is 1. The van der Waals surface area contributed by atoms with Gasteiger partial charge in [-0.05, 0) is 37.2 Å². The van der Waals surface area contributed by atoms with Gasteiger partial charge >= 0.3 is 0 Å². The van der Waals surface area contributed by atoms with Crippen molar-refractivity contribution in [2.24, 2.45) is 0 Å². The van der Waals surface area contributed by atoms with Crippen molar-refractivity contribution < 1.29 is 30.0 Å². The number of carbonyl (C=O) groups is 1. The van der Waals surface area contributed by atoms with Gasteiger partial charge < -0.3 is 10.1 Å². The Morgan fingerprint density at radius 2 is 1.74 bits per heavy atom.